The standard InChI is InChI=1S/C22H28N2O4S/c1-16(2)18-8-10-19(11-9-18)17(3)23-22(25)20-6-4-5-7-21(20)29(26,27)24-12-14-28-15-13-24/h4-11,16-17H,12-15H2,1-3H3,(H,23,25). The molecular formula is C22H28N2O4S. The van der Waals surface area contributed by atoms with Crippen molar-refractivity contribution in [3.8, 4) is 0 Å². The van der Waals surface area contributed by atoms with Gasteiger partial charge in [-0.25, -0.2) is 8.42 Å². The van der Waals surface area contributed by atoms with Crippen molar-refractivity contribution in [1.82, 2.24) is 9.62 Å². The molecule has 1 atom stereocenters. The highest BCUT2D eigenvalue weighted by molar-refractivity contribution is 7.89. The van der Waals surface area contributed by atoms with E-state index in [-0.39, 0.29) is 29.6 Å². The van der Waals surface area contributed by atoms with Gasteiger partial charge >= 0.3 is 0 Å². The molecule has 0 bridgehead atoms. The first kappa shape index (κ1) is 21.5. The fourth-order valence-electron chi connectivity index (χ4n) is 3.33. The van der Waals surface area contributed by atoms with E-state index in [2.05, 4.69) is 31.3 Å². The van der Waals surface area contributed by atoms with Crippen LogP contribution >= 0.6 is 0 Å². The molecule has 1 amide bonds. The van der Waals surface area contributed by atoms with Gasteiger partial charge in [-0.15, -0.1) is 0 Å². The predicted octanol–water partition coefficient (Wildman–Crippen LogP) is 3.32. The number of benzene rings is 2. The van der Waals surface area contributed by atoms with Crippen LogP contribution in [0.4, 0.5) is 0 Å². The Morgan fingerprint density at radius 1 is 0.966 bits per heavy atom. The molecule has 1 N–H and O–H groups in total. The van der Waals surface area contributed by atoms with E-state index in [4.69, 9.17) is 4.74 Å². The number of hydrogen-bond donors (Lipinski definition) is 1. The molecule has 1 fully saturated rings. The van der Waals surface area contributed by atoms with Gasteiger partial charge in [0.15, 0.2) is 0 Å². The van der Waals surface area contributed by atoms with Gasteiger partial charge in [0.25, 0.3) is 5.91 Å². The van der Waals surface area contributed by atoms with Crippen LogP contribution in [0.1, 0.15) is 54.2 Å². The highest BCUT2D eigenvalue weighted by Crippen LogP contribution is 2.23. The van der Waals surface area contributed by atoms with Crippen molar-refractivity contribution in [2.45, 2.75) is 37.6 Å². The van der Waals surface area contributed by atoms with Gasteiger partial charge < -0.3 is 10.1 Å². The Kier molecular flexibility index (Phi) is 6.72. The number of morpholine rings is 1. The maximum Gasteiger partial charge on any atom is 0.253 e. The minimum absolute atomic E-state index is 0.0294. The highest BCUT2D eigenvalue weighted by atomic mass is 32.2. The van der Waals surface area contributed by atoms with Gasteiger partial charge in [-0.05, 0) is 36.1 Å². The fourth-order valence-corrected chi connectivity index (χ4v) is 4.93. The van der Waals surface area contributed by atoms with E-state index >= 15 is 0 Å². The lowest BCUT2D eigenvalue weighted by atomic mass is 9.99. The molecule has 0 radical (unpaired) electrons. The number of ether oxygens (including phenoxy) is 1. The lowest BCUT2D eigenvalue weighted by molar-refractivity contribution is 0.0729. The second-order valence-electron chi connectivity index (χ2n) is 7.53. The molecule has 0 spiro atoms. The monoisotopic (exact) mass is 416 g/mol. The second kappa shape index (κ2) is 9.07. The van der Waals surface area contributed by atoms with Gasteiger partial charge in [-0.2, -0.15) is 4.31 Å². The van der Waals surface area contributed by atoms with Crippen LogP contribution in [0.3, 0.4) is 0 Å². The number of nitrogens with zero attached hydrogens (tertiary/aromatic N) is 1. The average molecular weight is 417 g/mol. The highest BCUT2D eigenvalue weighted by Gasteiger charge is 2.30. The molecule has 7 heteroatoms. The predicted molar refractivity (Wildman–Crippen MR) is 112 cm³/mol. The van der Waals surface area contributed by atoms with Gasteiger partial charge in [0, 0.05) is 13.1 Å². The van der Waals surface area contributed by atoms with Crippen molar-refractivity contribution in [2.75, 3.05) is 26.3 Å². The zero-order chi connectivity index (χ0) is 21.0. The Hall–Kier alpha value is -2.22. The smallest absolute Gasteiger partial charge is 0.253 e. The topological polar surface area (TPSA) is 75.7 Å². The number of nitrogens with one attached hydrogen (secondary N) is 1. The molecule has 0 aromatic heterocycles. The van der Waals surface area contributed by atoms with Crippen molar-refractivity contribution < 1.29 is 17.9 Å². The maximum atomic E-state index is 13.1. The summed E-state index contributed by atoms with van der Waals surface area (Å²) in [7, 11) is -3.76. The van der Waals surface area contributed by atoms with Crippen LogP contribution in [-0.4, -0.2) is 44.9 Å². The van der Waals surface area contributed by atoms with Crippen LogP contribution in [-0.2, 0) is 14.8 Å². The molecule has 1 aliphatic heterocycles. The molecule has 0 aliphatic carbocycles. The van der Waals surface area contributed by atoms with Gasteiger partial charge in [-0.3, -0.25) is 4.79 Å². The summed E-state index contributed by atoms with van der Waals surface area (Å²) in [5.74, 6) is 0.0316. The SMILES string of the molecule is CC(C)c1ccc(C(C)NC(=O)c2ccccc2S(=O)(=O)N2CCOCC2)cc1. The van der Waals surface area contributed by atoms with E-state index in [0.717, 1.165) is 5.56 Å². The lowest BCUT2D eigenvalue weighted by Gasteiger charge is -2.27. The summed E-state index contributed by atoms with van der Waals surface area (Å²) >= 11 is 0. The summed E-state index contributed by atoms with van der Waals surface area (Å²) in [4.78, 5) is 13.0. The summed E-state index contributed by atoms with van der Waals surface area (Å²) in [6.07, 6.45) is 0. The second-order valence-corrected chi connectivity index (χ2v) is 9.44. The van der Waals surface area contributed by atoms with Crippen LogP contribution in [0, 0.1) is 0 Å². The first-order valence-corrected chi connectivity index (χ1v) is 11.3. The Morgan fingerprint density at radius 2 is 1.55 bits per heavy atom. The van der Waals surface area contributed by atoms with Gasteiger partial charge in [0.2, 0.25) is 10.0 Å². The third-order valence-corrected chi connectivity index (χ3v) is 7.13. The molecule has 3 rings (SSSR count). The third-order valence-electron chi connectivity index (χ3n) is 5.17. The molecule has 29 heavy (non-hydrogen) atoms. The molecule has 2 aromatic rings. The molecule has 1 unspecified atom stereocenters. The molecule has 0 saturated carbocycles. The van der Waals surface area contributed by atoms with Crippen LogP contribution < -0.4 is 5.32 Å². The van der Waals surface area contributed by atoms with Crippen LogP contribution in [0.5, 0.6) is 0 Å². The van der Waals surface area contributed by atoms with Crippen molar-refractivity contribution in [3.05, 3.63) is 65.2 Å². The van der Waals surface area contributed by atoms with E-state index in [1.54, 1.807) is 18.2 Å². The lowest BCUT2D eigenvalue weighted by Crippen LogP contribution is -2.41. The van der Waals surface area contributed by atoms with Crippen molar-refractivity contribution in [2.24, 2.45) is 0 Å². The zero-order valence-electron chi connectivity index (χ0n) is 17.1. The average Bonchev–Trinajstić information content (AvgIpc) is 2.74. The Bertz CT molecular complexity index is 949. The molecule has 156 valence electrons. The van der Waals surface area contributed by atoms with Crippen molar-refractivity contribution in [3.63, 3.8) is 0 Å². The van der Waals surface area contributed by atoms with Gasteiger partial charge in [0.1, 0.15) is 0 Å². The van der Waals surface area contributed by atoms with Crippen molar-refractivity contribution >= 4 is 15.9 Å². The van der Waals surface area contributed by atoms with Gasteiger partial charge in [0.05, 0.1) is 29.7 Å². The molecule has 1 aliphatic rings. The van der Waals surface area contributed by atoms with Crippen LogP contribution in [0.15, 0.2) is 53.4 Å². The van der Waals surface area contributed by atoms with Crippen LogP contribution in [0.25, 0.3) is 0 Å². The molecule has 2 aromatic carbocycles. The van der Waals surface area contributed by atoms with Crippen LogP contribution in [0.2, 0.25) is 0 Å². The fraction of sp³-hybridized carbons (Fsp3) is 0.409. The van der Waals surface area contributed by atoms with E-state index in [0.29, 0.717) is 19.1 Å². The zero-order valence-corrected chi connectivity index (χ0v) is 17.9. The minimum atomic E-state index is -3.76. The number of sulfonamides is 1. The Labute approximate surface area is 172 Å². The number of carbonyl (C=O) groups is 1. The summed E-state index contributed by atoms with van der Waals surface area (Å²) in [6.45, 7) is 7.45. The maximum absolute atomic E-state index is 13.1. The minimum Gasteiger partial charge on any atom is -0.379 e. The number of amides is 1. The largest absolute Gasteiger partial charge is 0.379 e. The summed E-state index contributed by atoms with van der Waals surface area (Å²) < 4.78 is 32.7. The Balaban J connectivity index is 1.81. The first-order chi connectivity index (χ1) is 13.8. The van der Waals surface area contributed by atoms with E-state index in [1.807, 2.05) is 19.1 Å². The summed E-state index contributed by atoms with van der Waals surface area (Å²) in [5.41, 5.74) is 2.36. The molecule has 1 saturated heterocycles. The molecular weight excluding hydrogens is 388 g/mol. The quantitative estimate of drug-likeness (QED) is 0.784. The van der Waals surface area contributed by atoms with Crippen molar-refractivity contribution in [1.29, 1.82) is 0 Å². The summed E-state index contributed by atoms with van der Waals surface area (Å²) in [5, 5.41) is 2.93. The normalized spacial score (nSPS) is 16.6. The number of rotatable bonds is 6. The first-order valence-electron chi connectivity index (χ1n) is 9.88. The van der Waals surface area contributed by atoms with E-state index in [1.165, 1.54) is 15.9 Å². The Morgan fingerprint density at radius 3 is 2.17 bits per heavy atom. The summed E-state index contributed by atoms with van der Waals surface area (Å²) in [6, 6.07) is 14.2. The number of carbonyl (C=O) groups excluding carboxylic acids is 1. The number of hydrogen-bond acceptors (Lipinski definition) is 4. The third kappa shape index (κ3) is 4.86. The van der Waals surface area contributed by atoms with E-state index in [9.17, 15) is 13.2 Å². The van der Waals surface area contributed by atoms with Gasteiger partial charge in [-0.1, -0.05) is 50.2 Å². The molecule has 6 nitrogen and oxygen atoms in total. The van der Waals surface area contributed by atoms with E-state index < -0.39 is 15.9 Å². The molecule has 1 heterocycles.